The van der Waals surface area contributed by atoms with Crippen molar-refractivity contribution in [1.29, 1.82) is 0 Å². The van der Waals surface area contributed by atoms with E-state index in [1.165, 1.54) is 12.8 Å². The molecule has 3 nitrogen and oxygen atoms in total. The minimum atomic E-state index is -3.40. The van der Waals surface area contributed by atoms with Crippen LogP contribution in [0.25, 0.3) is 0 Å². The SMILES string of the molecule is O=S(=O)(NCCCC1CC1)c1ccc(Br)cc1Br. The summed E-state index contributed by atoms with van der Waals surface area (Å²) in [5.41, 5.74) is 0. The largest absolute Gasteiger partial charge is 0.241 e. The Morgan fingerprint density at radius 3 is 2.61 bits per heavy atom. The van der Waals surface area contributed by atoms with Crippen LogP contribution < -0.4 is 4.72 Å². The molecule has 1 aromatic rings. The zero-order chi connectivity index (χ0) is 13.2. The molecular formula is C12H15Br2NO2S. The monoisotopic (exact) mass is 395 g/mol. The topological polar surface area (TPSA) is 46.2 Å². The normalized spacial score (nSPS) is 15.9. The molecule has 0 radical (unpaired) electrons. The number of nitrogens with one attached hydrogen (secondary N) is 1. The Bertz CT molecular complexity index is 527. The van der Waals surface area contributed by atoms with Crippen molar-refractivity contribution in [3.63, 3.8) is 0 Å². The zero-order valence-corrected chi connectivity index (χ0v) is 13.8. The molecule has 6 heteroatoms. The molecule has 1 fully saturated rings. The van der Waals surface area contributed by atoms with Crippen LogP contribution >= 0.6 is 31.9 Å². The minimum Gasteiger partial charge on any atom is -0.211 e. The maximum Gasteiger partial charge on any atom is 0.241 e. The summed E-state index contributed by atoms with van der Waals surface area (Å²) >= 11 is 6.58. The van der Waals surface area contributed by atoms with E-state index in [4.69, 9.17) is 0 Å². The lowest BCUT2D eigenvalue weighted by Gasteiger charge is -2.08. The first-order valence-electron chi connectivity index (χ1n) is 5.94. The third kappa shape index (κ3) is 4.05. The summed E-state index contributed by atoms with van der Waals surface area (Å²) in [6.07, 6.45) is 4.66. The van der Waals surface area contributed by atoms with Gasteiger partial charge in [0.05, 0.1) is 4.90 Å². The summed E-state index contributed by atoms with van der Waals surface area (Å²) in [5.74, 6) is 0.842. The van der Waals surface area contributed by atoms with Crippen molar-refractivity contribution in [3.05, 3.63) is 27.1 Å². The standard InChI is InChI=1S/C12H15Br2NO2S/c13-10-5-6-12(11(14)8-10)18(16,17)15-7-1-2-9-3-4-9/h5-6,8-9,15H,1-4,7H2. The first-order valence-corrected chi connectivity index (χ1v) is 9.01. The van der Waals surface area contributed by atoms with Crippen LogP contribution in [0.3, 0.4) is 0 Å². The maximum atomic E-state index is 12.1. The Balaban J connectivity index is 1.95. The van der Waals surface area contributed by atoms with Crippen molar-refractivity contribution >= 4 is 41.9 Å². The van der Waals surface area contributed by atoms with Crippen LogP contribution in [0.15, 0.2) is 32.0 Å². The van der Waals surface area contributed by atoms with Gasteiger partial charge in [0.15, 0.2) is 0 Å². The highest BCUT2D eigenvalue weighted by Gasteiger charge is 2.21. The predicted molar refractivity (Wildman–Crippen MR) is 79.0 cm³/mol. The molecule has 0 saturated heterocycles. The maximum absolute atomic E-state index is 12.1. The fraction of sp³-hybridized carbons (Fsp3) is 0.500. The van der Waals surface area contributed by atoms with E-state index in [0.29, 0.717) is 11.0 Å². The van der Waals surface area contributed by atoms with Gasteiger partial charge in [-0.05, 0) is 52.9 Å². The average Bonchev–Trinajstić information content (AvgIpc) is 3.07. The Morgan fingerprint density at radius 1 is 1.28 bits per heavy atom. The van der Waals surface area contributed by atoms with E-state index in [9.17, 15) is 8.42 Å². The molecule has 1 aliphatic rings. The van der Waals surface area contributed by atoms with Crippen LogP contribution in [0.1, 0.15) is 25.7 Å². The molecule has 18 heavy (non-hydrogen) atoms. The van der Waals surface area contributed by atoms with Crippen LogP contribution in [0.5, 0.6) is 0 Å². The van der Waals surface area contributed by atoms with Crippen LogP contribution in [0.2, 0.25) is 0 Å². The highest BCUT2D eigenvalue weighted by Crippen LogP contribution is 2.33. The van der Waals surface area contributed by atoms with Crippen LogP contribution in [-0.2, 0) is 10.0 Å². The van der Waals surface area contributed by atoms with Crippen molar-refractivity contribution in [2.75, 3.05) is 6.54 Å². The summed E-state index contributed by atoms with van der Waals surface area (Å²) in [6, 6.07) is 5.06. The number of sulfonamides is 1. The molecule has 0 aliphatic heterocycles. The summed E-state index contributed by atoms with van der Waals surface area (Å²) in [4.78, 5) is 0.289. The van der Waals surface area contributed by atoms with E-state index in [1.54, 1.807) is 18.2 Å². The Kier molecular flexibility index (Phi) is 4.86. The smallest absolute Gasteiger partial charge is 0.211 e. The molecule has 0 spiro atoms. The molecule has 1 aromatic carbocycles. The Morgan fingerprint density at radius 2 is 2.00 bits per heavy atom. The van der Waals surface area contributed by atoms with E-state index in [2.05, 4.69) is 36.6 Å². The first kappa shape index (κ1) is 14.5. The van der Waals surface area contributed by atoms with Gasteiger partial charge in [0.25, 0.3) is 0 Å². The van der Waals surface area contributed by atoms with E-state index >= 15 is 0 Å². The van der Waals surface area contributed by atoms with Gasteiger partial charge in [0.1, 0.15) is 0 Å². The van der Waals surface area contributed by atoms with E-state index in [-0.39, 0.29) is 4.90 Å². The molecule has 2 rings (SSSR count). The van der Waals surface area contributed by atoms with Gasteiger partial charge < -0.3 is 0 Å². The first-order chi connectivity index (χ1) is 8.49. The van der Waals surface area contributed by atoms with Gasteiger partial charge in [0.2, 0.25) is 10.0 Å². The van der Waals surface area contributed by atoms with E-state index in [1.807, 2.05) is 0 Å². The molecule has 100 valence electrons. The highest BCUT2D eigenvalue weighted by atomic mass is 79.9. The number of benzene rings is 1. The van der Waals surface area contributed by atoms with Crippen molar-refractivity contribution in [2.24, 2.45) is 5.92 Å². The van der Waals surface area contributed by atoms with Gasteiger partial charge in [-0.3, -0.25) is 0 Å². The van der Waals surface area contributed by atoms with Gasteiger partial charge >= 0.3 is 0 Å². The number of rotatable bonds is 6. The Hall–Kier alpha value is 0.0900. The van der Waals surface area contributed by atoms with Crippen molar-refractivity contribution in [1.82, 2.24) is 4.72 Å². The second kappa shape index (κ2) is 6.03. The number of hydrogen-bond acceptors (Lipinski definition) is 2. The van der Waals surface area contributed by atoms with Crippen LogP contribution in [0.4, 0.5) is 0 Å². The molecule has 0 heterocycles. The molecule has 1 saturated carbocycles. The van der Waals surface area contributed by atoms with E-state index in [0.717, 1.165) is 23.2 Å². The van der Waals surface area contributed by atoms with Crippen molar-refractivity contribution in [2.45, 2.75) is 30.6 Å². The second-order valence-electron chi connectivity index (χ2n) is 4.56. The minimum absolute atomic E-state index is 0.289. The summed E-state index contributed by atoms with van der Waals surface area (Å²) in [5, 5.41) is 0. The quantitative estimate of drug-likeness (QED) is 0.745. The summed E-state index contributed by atoms with van der Waals surface area (Å²) in [6.45, 7) is 0.515. The summed E-state index contributed by atoms with van der Waals surface area (Å²) in [7, 11) is -3.40. The molecule has 0 atom stereocenters. The summed E-state index contributed by atoms with van der Waals surface area (Å²) < 4.78 is 28.2. The third-order valence-corrected chi connectivity index (χ3v) is 5.89. The van der Waals surface area contributed by atoms with Crippen LogP contribution in [0, 0.1) is 5.92 Å². The zero-order valence-electron chi connectivity index (χ0n) is 9.83. The van der Waals surface area contributed by atoms with E-state index < -0.39 is 10.0 Å². The molecule has 0 unspecified atom stereocenters. The molecule has 0 bridgehead atoms. The van der Waals surface area contributed by atoms with Gasteiger partial charge in [-0.15, -0.1) is 0 Å². The lowest BCUT2D eigenvalue weighted by molar-refractivity contribution is 0.572. The van der Waals surface area contributed by atoms with Gasteiger partial charge in [-0.2, -0.15) is 0 Å². The Labute approximate surface area is 125 Å². The molecular weight excluding hydrogens is 382 g/mol. The second-order valence-corrected chi connectivity index (χ2v) is 8.06. The fourth-order valence-corrected chi connectivity index (χ4v) is 4.59. The molecule has 1 N–H and O–H groups in total. The number of halogens is 2. The van der Waals surface area contributed by atoms with Gasteiger partial charge in [-0.25, -0.2) is 13.1 Å². The average molecular weight is 397 g/mol. The predicted octanol–water partition coefficient (Wildman–Crippen LogP) is 3.68. The molecule has 1 aliphatic carbocycles. The molecule has 0 aromatic heterocycles. The number of hydrogen-bond donors (Lipinski definition) is 1. The van der Waals surface area contributed by atoms with Gasteiger partial charge in [-0.1, -0.05) is 28.8 Å². The van der Waals surface area contributed by atoms with Crippen LogP contribution in [-0.4, -0.2) is 15.0 Å². The van der Waals surface area contributed by atoms with Gasteiger partial charge in [0, 0.05) is 15.5 Å². The molecule has 0 amide bonds. The third-order valence-electron chi connectivity index (χ3n) is 2.96. The highest BCUT2D eigenvalue weighted by molar-refractivity contribution is 9.11. The van der Waals surface area contributed by atoms with Crippen molar-refractivity contribution in [3.8, 4) is 0 Å². The lowest BCUT2D eigenvalue weighted by Crippen LogP contribution is -2.25. The fourth-order valence-electron chi connectivity index (χ4n) is 1.77. The van der Waals surface area contributed by atoms with Crippen molar-refractivity contribution < 1.29 is 8.42 Å². The lowest BCUT2D eigenvalue weighted by atomic mass is 10.2.